The fraction of sp³-hybridized carbons (Fsp3) is 0.818. The summed E-state index contributed by atoms with van der Waals surface area (Å²) in [5.41, 5.74) is 0. The van der Waals surface area contributed by atoms with Crippen LogP contribution in [0.2, 0.25) is 0 Å². The minimum absolute atomic E-state index is 0.0302. The van der Waals surface area contributed by atoms with Gasteiger partial charge >= 0.3 is 6.03 Å². The summed E-state index contributed by atoms with van der Waals surface area (Å²) in [6, 6.07) is -0.444. The monoisotopic (exact) mass is 259 g/mol. The number of amides is 2. The summed E-state index contributed by atoms with van der Waals surface area (Å²) < 4.78 is 0. The Balaban J connectivity index is 4.43. The molecule has 0 aromatic heterocycles. The molecule has 0 heterocycles. The highest BCUT2D eigenvalue weighted by atomic mass is 16.3. The van der Waals surface area contributed by atoms with Crippen LogP contribution in [-0.4, -0.2) is 70.7 Å². The summed E-state index contributed by atoms with van der Waals surface area (Å²) in [6.07, 6.45) is 1.22. The van der Waals surface area contributed by atoms with E-state index in [4.69, 9.17) is 21.9 Å². The van der Waals surface area contributed by atoms with Crippen LogP contribution in [0, 0.1) is 6.57 Å². The number of urea groups is 1. The van der Waals surface area contributed by atoms with Crippen LogP contribution in [0.4, 0.5) is 4.79 Å². The van der Waals surface area contributed by atoms with Crippen molar-refractivity contribution in [1.29, 1.82) is 0 Å². The number of hydrogen-bond donors (Lipinski definition) is 3. The molecule has 0 aliphatic heterocycles. The molecule has 0 saturated heterocycles. The van der Waals surface area contributed by atoms with Crippen molar-refractivity contribution in [3.05, 3.63) is 11.5 Å². The molecule has 0 aliphatic carbocycles. The molecule has 0 rings (SSSR count). The maximum atomic E-state index is 12.0. The van der Waals surface area contributed by atoms with E-state index >= 15 is 0 Å². The zero-order valence-electron chi connectivity index (χ0n) is 10.5. The van der Waals surface area contributed by atoms with Crippen LogP contribution in [0.1, 0.15) is 19.3 Å². The molecule has 0 unspecified atom stereocenters. The number of carbonyl (C=O) groups excluding carboxylic acids is 1. The largest absolute Gasteiger partial charge is 0.396 e. The highest BCUT2D eigenvalue weighted by Gasteiger charge is 2.24. The smallest absolute Gasteiger partial charge is 0.385 e. The van der Waals surface area contributed by atoms with E-state index in [1.807, 2.05) is 0 Å². The molecule has 0 radical (unpaired) electrons. The minimum Gasteiger partial charge on any atom is -0.396 e. The van der Waals surface area contributed by atoms with Crippen molar-refractivity contribution >= 4 is 6.03 Å². The third kappa shape index (κ3) is 6.39. The van der Waals surface area contributed by atoms with Gasteiger partial charge in [-0.05, 0) is 24.3 Å². The van der Waals surface area contributed by atoms with Crippen LogP contribution < -0.4 is 0 Å². The van der Waals surface area contributed by atoms with Gasteiger partial charge in [0.05, 0.1) is 6.54 Å². The highest BCUT2D eigenvalue weighted by Crippen LogP contribution is 2.04. The quantitative estimate of drug-likeness (QED) is 0.391. The van der Waals surface area contributed by atoms with Gasteiger partial charge in [-0.15, -0.1) is 0 Å². The Morgan fingerprint density at radius 2 is 1.39 bits per heavy atom. The zero-order chi connectivity index (χ0) is 13.8. The molecule has 2 amide bonds. The normalized spacial score (nSPS) is 9.89. The molecule has 0 spiro atoms. The van der Waals surface area contributed by atoms with Crippen molar-refractivity contribution in [2.75, 3.05) is 39.5 Å². The lowest BCUT2D eigenvalue weighted by molar-refractivity contribution is 0.153. The maximum absolute atomic E-state index is 12.0. The van der Waals surface area contributed by atoms with Crippen molar-refractivity contribution in [3.63, 3.8) is 0 Å². The van der Waals surface area contributed by atoms with E-state index in [2.05, 4.69) is 4.95 Å². The first-order valence-electron chi connectivity index (χ1n) is 5.97. The third-order valence-corrected chi connectivity index (χ3v) is 2.31. The minimum atomic E-state index is -0.444. The summed E-state index contributed by atoms with van der Waals surface area (Å²) in [4.78, 5) is 16.5. The summed E-state index contributed by atoms with van der Waals surface area (Å²) in [5.74, 6) is 0. The average Bonchev–Trinajstić information content (AvgIpc) is 2.39. The number of aliphatic hydroxyl groups excluding tert-OH is 3. The van der Waals surface area contributed by atoms with Crippen LogP contribution in [-0.2, 0) is 0 Å². The van der Waals surface area contributed by atoms with Crippen LogP contribution in [0.5, 0.6) is 0 Å². The van der Waals surface area contributed by atoms with Crippen LogP contribution >= 0.6 is 0 Å². The summed E-state index contributed by atoms with van der Waals surface area (Å²) in [7, 11) is 0. The van der Waals surface area contributed by atoms with Gasteiger partial charge in [0.15, 0.2) is 0 Å². The maximum Gasteiger partial charge on any atom is 0.385 e. The van der Waals surface area contributed by atoms with E-state index in [-0.39, 0.29) is 26.4 Å². The number of nitrogens with zero attached hydrogens (tertiary/aromatic N) is 3. The Morgan fingerprint density at radius 3 is 1.78 bits per heavy atom. The standard InChI is InChI=1S/C11H21N3O4/c1-12-14(7-4-10-17)11(18)13(5-2-8-15)6-3-9-16/h15-17H,2-10H2. The molecule has 0 aliphatic rings. The van der Waals surface area contributed by atoms with Crippen LogP contribution in [0.15, 0.2) is 0 Å². The average molecular weight is 259 g/mol. The lowest BCUT2D eigenvalue weighted by Crippen LogP contribution is -2.42. The van der Waals surface area contributed by atoms with Crippen molar-refractivity contribution < 1.29 is 20.1 Å². The second kappa shape index (κ2) is 10.8. The topological polar surface area (TPSA) is 88.6 Å². The van der Waals surface area contributed by atoms with Crippen molar-refractivity contribution in [2.24, 2.45) is 0 Å². The second-order valence-electron chi connectivity index (χ2n) is 3.72. The van der Waals surface area contributed by atoms with Gasteiger partial charge in [-0.1, -0.05) is 0 Å². The Labute approximate surface area is 107 Å². The van der Waals surface area contributed by atoms with Crippen molar-refractivity contribution in [2.45, 2.75) is 19.3 Å². The van der Waals surface area contributed by atoms with Gasteiger partial charge in [-0.25, -0.2) is 4.79 Å². The Kier molecular flexibility index (Phi) is 9.96. The SMILES string of the molecule is [C-]#[N+]N(CCCO)C(=O)N(CCCO)CCCO. The number of carbonyl (C=O) groups is 1. The molecule has 3 N–H and O–H groups in total. The molecule has 0 saturated carbocycles. The predicted octanol–water partition coefficient (Wildman–Crippen LogP) is -0.308. The number of rotatable bonds is 9. The molecule has 18 heavy (non-hydrogen) atoms. The van der Waals surface area contributed by atoms with E-state index in [1.54, 1.807) is 0 Å². The van der Waals surface area contributed by atoms with Gasteiger partial charge in [0.2, 0.25) is 0 Å². The lowest BCUT2D eigenvalue weighted by Gasteiger charge is -2.23. The molecule has 0 atom stereocenters. The Hall–Kier alpha value is -1.36. The highest BCUT2D eigenvalue weighted by molar-refractivity contribution is 5.75. The van der Waals surface area contributed by atoms with Crippen molar-refractivity contribution in [3.8, 4) is 0 Å². The lowest BCUT2D eigenvalue weighted by atomic mass is 10.3. The Morgan fingerprint density at radius 1 is 0.944 bits per heavy atom. The molecular formula is C11H21N3O4. The van der Waals surface area contributed by atoms with Gasteiger partial charge in [-0.3, -0.25) is 0 Å². The zero-order valence-corrected chi connectivity index (χ0v) is 10.5. The van der Waals surface area contributed by atoms with E-state index in [0.29, 0.717) is 32.4 Å². The first kappa shape index (κ1) is 16.6. The summed E-state index contributed by atoms with van der Waals surface area (Å²) in [5, 5.41) is 27.2. The number of aliphatic hydroxyl groups is 3. The molecule has 104 valence electrons. The van der Waals surface area contributed by atoms with Gasteiger partial charge in [0, 0.05) is 32.9 Å². The summed E-state index contributed by atoms with van der Waals surface area (Å²) >= 11 is 0. The van der Waals surface area contributed by atoms with E-state index in [1.165, 1.54) is 4.90 Å². The molecular weight excluding hydrogens is 238 g/mol. The van der Waals surface area contributed by atoms with E-state index in [9.17, 15) is 4.79 Å². The fourth-order valence-corrected chi connectivity index (χ4v) is 1.40. The van der Waals surface area contributed by atoms with Gasteiger partial charge < -0.3 is 20.2 Å². The van der Waals surface area contributed by atoms with Gasteiger partial charge in [0.1, 0.15) is 0 Å². The predicted molar refractivity (Wildman–Crippen MR) is 65.4 cm³/mol. The molecule has 0 bridgehead atoms. The van der Waals surface area contributed by atoms with Crippen LogP contribution in [0.3, 0.4) is 0 Å². The molecule has 7 heteroatoms. The fourth-order valence-electron chi connectivity index (χ4n) is 1.40. The van der Waals surface area contributed by atoms with Crippen LogP contribution in [0.25, 0.3) is 4.95 Å². The molecule has 0 aromatic rings. The number of hydrogen-bond acceptors (Lipinski definition) is 4. The molecule has 7 nitrogen and oxygen atoms in total. The summed E-state index contributed by atoms with van der Waals surface area (Å²) in [6.45, 7) is 7.67. The first-order valence-corrected chi connectivity index (χ1v) is 5.97. The first-order chi connectivity index (χ1) is 8.71. The molecule has 0 aromatic carbocycles. The van der Waals surface area contributed by atoms with E-state index < -0.39 is 6.03 Å². The molecule has 0 fully saturated rings. The van der Waals surface area contributed by atoms with Crippen molar-refractivity contribution in [1.82, 2.24) is 9.91 Å². The van der Waals surface area contributed by atoms with Gasteiger partial charge in [-0.2, -0.15) is 11.5 Å². The van der Waals surface area contributed by atoms with Gasteiger partial charge in [0.25, 0.3) is 0 Å². The Bertz CT molecular complexity index is 260. The second-order valence-corrected chi connectivity index (χ2v) is 3.72. The third-order valence-electron chi connectivity index (χ3n) is 2.31. The van der Waals surface area contributed by atoms with E-state index in [0.717, 1.165) is 5.01 Å².